The third-order valence-electron chi connectivity index (χ3n) is 2.52. The number of anilines is 1. The molecule has 3 heteroatoms. The standard InChI is InChI=1S/C13H20N2O/c1-10(2)11-5-7-12(8-6-11)14-9-13(16)15(3)4/h5-8,10,14H,9H2,1-4H3. The maximum Gasteiger partial charge on any atom is 0.241 e. The Kier molecular flexibility index (Phi) is 4.35. The molecule has 0 aromatic heterocycles. The third kappa shape index (κ3) is 3.57. The molecular formula is C13H20N2O. The number of carbonyl (C=O) groups excluding carboxylic acids is 1. The quantitative estimate of drug-likeness (QED) is 0.844. The molecule has 0 aliphatic rings. The second-order valence-electron chi connectivity index (χ2n) is 4.42. The van der Waals surface area contributed by atoms with Gasteiger partial charge in [0.05, 0.1) is 6.54 Å². The van der Waals surface area contributed by atoms with Crippen LogP contribution in [0.25, 0.3) is 0 Å². The van der Waals surface area contributed by atoms with Crippen LogP contribution in [-0.2, 0) is 4.79 Å². The average Bonchev–Trinajstić information content (AvgIpc) is 2.26. The van der Waals surface area contributed by atoms with Crippen molar-refractivity contribution in [2.75, 3.05) is 26.0 Å². The molecule has 0 heterocycles. The number of benzene rings is 1. The second kappa shape index (κ2) is 5.54. The third-order valence-corrected chi connectivity index (χ3v) is 2.52. The van der Waals surface area contributed by atoms with Crippen molar-refractivity contribution in [1.29, 1.82) is 0 Å². The summed E-state index contributed by atoms with van der Waals surface area (Å²) in [6, 6.07) is 8.21. The molecule has 0 unspecified atom stereocenters. The van der Waals surface area contributed by atoms with Crippen molar-refractivity contribution < 1.29 is 4.79 Å². The Morgan fingerprint density at radius 1 is 1.25 bits per heavy atom. The molecule has 1 aromatic carbocycles. The number of nitrogens with one attached hydrogen (secondary N) is 1. The van der Waals surface area contributed by atoms with Crippen molar-refractivity contribution in [3.8, 4) is 0 Å². The highest BCUT2D eigenvalue weighted by Crippen LogP contribution is 2.16. The van der Waals surface area contributed by atoms with Gasteiger partial charge in [-0.3, -0.25) is 4.79 Å². The van der Waals surface area contributed by atoms with Gasteiger partial charge in [-0.25, -0.2) is 0 Å². The van der Waals surface area contributed by atoms with E-state index in [-0.39, 0.29) is 5.91 Å². The summed E-state index contributed by atoms with van der Waals surface area (Å²) < 4.78 is 0. The molecule has 0 aliphatic carbocycles. The number of hydrogen-bond donors (Lipinski definition) is 1. The Morgan fingerprint density at radius 2 is 1.81 bits per heavy atom. The van der Waals surface area contributed by atoms with Gasteiger partial charge < -0.3 is 10.2 Å². The minimum atomic E-state index is 0.0768. The van der Waals surface area contributed by atoms with Gasteiger partial charge in [0.15, 0.2) is 0 Å². The number of amides is 1. The predicted molar refractivity (Wildman–Crippen MR) is 67.7 cm³/mol. The van der Waals surface area contributed by atoms with Crippen molar-refractivity contribution in [1.82, 2.24) is 4.90 Å². The largest absolute Gasteiger partial charge is 0.376 e. The zero-order chi connectivity index (χ0) is 12.1. The maximum atomic E-state index is 11.4. The summed E-state index contributed by atoms with van der Waals surface area (Å²) in [5.74, 6) is 0.616. The zero-order valence-corrected chi connectivity index (χ0v) is 10.4. The maximum absolute atomic E-state index is 11.4. The molecular weight excluding hydrogens is 200 g/mol. The summed E-state index contributed by atoms with van der Waals surface area (Å²) in [4.78, 5) is 12.9. The van der Waals surface area contributed by atoms with Crippen LogP contribution in [0.4, 0.5) is 5.69 Å². The van der Waals surface area contributed by atoms with E-state index in [9.17, 15) is 4.79 Å². The molecule has 0 fully saturated rings. The molecule has 88 valence electrons. The Morgan fingerprint density at radius 3 is 2.25 bits per heavy atom. The first-order chi connectivity index (χ1) is 7.50. The first-order valence-electron chi connectivity index (χ1n) is 5.54. The number of nitrogens with zero attached hydrogens (tertiary/aromatic N) is 1. The van der Waals surface area contributed by atoms with Gasteiger partial charge in [-0.05, 0) is 23.6 Å². The Hall–Kier alpha value is -1.51. The lowest BCUT2D eigenvalue weighted by molar-refractivity contribution is -0.126. The Bertz CT molecular complexity index is 341. The van der Waals surface area contributed by atoms with Crippen LogP contribution in [0.1, 0.15) is 25.3 Å². The van der Waals surface area contributed by atoms with E-state index >= 15 is 0 Å². The van der Waals surface area contributed by atoms with E-state index in [1.54, 1.807) is 19.0 Å². The van der Waals surface area contributed by atoms with Gasteiger partial charge in [0.2, 0.25) is 5.91 Å². The van der Waals surface area contributed by atoms with E-state index in [2.05, 4.69) is 31.3 Å². The Balaban J connectivity index is 2.53. The van der Waals surface area contributed by atoms with E-state index in [1.165, 1.54) is 5.56 Å². The number of carbonyl (C=O) groups is 1. The van der Waals surface area contributed by atoms with Gasteiger partial charge in [-0.1, -0.05) is 26.0 Å². The first-order valence-corrected chi connectivity index (χ1v) is 5.54. The van der Waals surface area contributed by atoms with Crippen molar-refractivity contribution in [2.45, 2.75) is 19.8 Å². The van der Waals surface area contributed by atoms with Gasteiger partial charge in [0, 0.05) is 19.8 Å². The molecule has 0 saturated carbocycles. The summed E-state index contributed by atoms with van der Waals surface area (Å²) in [7, 11) is 3.51. The molecule has 0 radical (unpaired) electrons. The topological polar surface area (TPSA) is 32.3 Å². The molecule has 16 heavy (non-hydrogen) atoms. The van der Waals surface area contributed by atoms with Crippen LogP contribution in [-0.4, -0.2) is 31.4 Å². The van der Waals surface area contributed by atoms with Crippen LogP contribution in [0.2, 0.25) is 0 Å². The molecule has 0 bridgehead atoms. The van der Waals surface area contributed by atoms with Crippen LogP contribution < -0.4 is 5.32 Å². The number of hydrogen-bond acceptors (Lipinski definition) is 2. The van der Waals surface area contributed by atoms with Gasteiger partial charge in [-0.15, -0.1) is 0 Å². The van der Waals surface area contributed by atoms with Crippen molar-refractivity contribution in [3.05, 3.63) is 29.8 Å². The summed E-state index contributed by atoms with van der Waals surface area (Å²) in [6.07, 6.45) is 0. The van der Waals surface area contributed by atoms with Crippen molar-refractivity contribution in [2.24, 2.45) is 0 Å². The fourth-order valence-electron chi connectivity index (χ4n) is 1.32. The minimum absolute atomic E-state index is 0.0768. The van der Waals surface area contributed by atoms with Crippen LogP contribution in [0.3, 0.4) is 0 Å². The van der Waals surface area contributed by atoms with Crippen LogP contribution in [0.15, 0.2) is 24.3 Å². The van der Waals surface area contributed by atoms with Gasteiger partial charge in [-0.2, -0.15) is 0 Å². The fraction of sp³-hybridized carbons (Fsp3) is 0.462. The molecule has 0 aliphatic heterocycles. The molecule has 0 atom stereocenters. The lowest BCUT2D eigenvalue weighted by Crippen LogP contribution is -2.28. The summed E-state index contributed by atoms with van der Waals surface area (Å²) in [5.41, 5.74) is 2.30. The van der Waals surface area contributed by atoms with E-state index in [0.29, 0.717) is 12.5 Å². The van der Waals surface area contributed by atoms with Crippen molar-refractivity contribution in [3.63, 3.8) is 0 Å². The van der Waals surface area contributed by atoms with E-state index in [4.69, 9.17) is 0 Å². The molecule has 1 N–H and O–H groups in total. The summed E-state index contributed by atoms with van der Waals surface area (Å²) in [5, 5.41) is 3.10. The first kappa shape index (κ1) is 12.6. The minimum Gasteiger partial charge on any atom is -0.376 e. The predicted octanol–water partition coefficient (Wildman–Crippen LogP) is 2.31. The van der Waals surface area contributed by atoms with E-state index < -0.39 is 0 Å². The van der Waals surface area contributed by atoms with Gasteiger partial charge in [0.25, 0.3) is 0 Å². The SMILES string of the molecule is CC(C)c1ccc(NCC(=O)N(C)C)cc1. The van der Waals surface area contributed by atoms with E-state index in [0.717, 1.165) is 5.69 Å². The van der Waals surface area contributed by atoms with Crippen LogP contribution in [0, 0.1) is 0 Å². The lowest BCUT2D eigenvalue weighted by atomic mass is 10.0. The highest BCUT2D eigenvalue weighted by atomic mass is 16.2. The number of rotatable bonds is 4. The summed E-state index contributed by atoms with van der Waals surface area (Å²) in [6.45, 7) is 4.67. The van der Waals surface area contributed by atoms with Gasteiger partial charge in [0.1, 0.15) is 0 Å². The average molecular weight is 220 g/mol. The Labute approximate surface area is 97.5 Å². The molecule has 0 saturated heterocycles. The van der Waals surface area contributed by atoms with Gasteiger partial charge >= 0.3 is 0 Å². The van der Waals surface area contributed by atoms with Crippen molar-refractivity contribution >= 4 is 11.6 Å². The smallest absolute Gasteiger partial charge is 0.241 e. The monoisotopic (exact) mass is 220 g/mol. The molecule has 1 amide bonds. The van der Waals surface area contributed by atoms with Crippen LogP contribution >= 0.6 is 0 Å². The fourth-order valence-corrected chi connectivity index (χ4v) is 1.32. The molecule has 0 spiro atoms. The second-order valence-corrected chi connectivity index (χ2v) is 4.42. The normalized spacial score (nSPS) is 10.3. The number of likely N-dealkylation sites (N-methyl/N-ethyl adjacent to an activating group) is 1. The highest BCUT2D eigenvalue weighted by Gasteiger charge is 2.03. The van der Waals surface area contributed by atoms with E-state index in [1.807, 2.05) is 12.1 Å². The van der Waals surface area contributed by atoms with Crippen LogP contribution in [0.5, 0.6) is 0 Å². The molecule has 3 nitrogen and oxygen atoms in total. The summed E-state index contributed by atoms with van der Waals surface area (Å²) >= 11 is 0. The molecule has 1 rings (SSSR count). The molecule has 1 aromatic rings. The highest BCUT2D eigenvalue weighted by molar-refractivity contribution is 5.80. The lowest BCUT2D eigenvalue weighted by Gasteiger charge is -2.12. The zero-order valence-electron chi connectivity index (χ0n) is 10.4.